The molecule has 0 saturated heterocycles. The van der Waals surface area contributed by atoms with Crippen LogP contribution in [0.2, 0.25) is 0 Å². The molecule has 1 aliphatic rings. The van der Waals surface area contributed by atoms with Gasteiger partial charge in [0.2, 0.25) is 10.0 Å². The zero-order valence-corrected chi connectivity index (χ0v) is 12.7. The van der Waals surface area contributed by atoms with Crippen molar-refractivity contribution in [3.8, 4) is 0 Å². The molecule has 4 nitrogen and oxygen atoms in total. The highest BCUT2D eigenvalue weighted by Gasteiger charge is 2.37. The molecule has 0 heterocycles. The Bertz CT molecular complexity index is 571. The SMILES string of the molecule is NCC1(NS(=O)(=O)c2cc(F)ccc2Br)CCCC1. The number of rotatable bonds is 4. The van der Waals surface area contributed by atoms with Gasteiger partial charge in [-0.2, -0.15) is 0 Å². The van der Waals surface area contributed by atoms with E-state index in [2.05, 4.69) is 20.7 Å². The molecule has 0 bridgehead atoms. The summed E-state index contributed by atoms with van der Waals surface area (Å²) in [4.78, 5) is -0.0905. The molecule has 1 aromatic rings. The number of nitrogens with one attached hydrogen (secondary N) is 1. The van der Waals surface area contributed by atoms with E-state index < -0.39 is 21.4 Å². The van der Waals surface area contributed by atoms with E-state index in [0.717, 1.165) is 31.7 Å². The molecule has 1 aromatic carbocycles. The molecule has 106 valence electrons. The average Bonchev–Trinajstić information content (AvgIpc) is 2.80. The summed E-state index contributed by atoms with van der Waals surface area (Å²) in [7, 11) is -3.78. The molecular formula is C12H16BrFN2O2S. The summed E-state index contributed by atoms with van der Waals surface area (Å²) in [6.07, 6.45) is 3.33. The van der Waals surface area contributed by atoms with Crippen molar-refractivity contribution in [1.29, 1.82) is 0 Å². The Morgan fingerprint density at radius 1 is 1.37 bits per heavy atom. The molecule has 1 fully saturated rings. The zero-order chi connectivity index (χ0) is 14.1. The zero-order valence-electron chi connectivity index (χ0n) is 10.3. The van der Waals surface area contributed by atoms with Gasteiger partial charge >= 0.3 is 0 Å². The summed E-state index contributed by atoms with van der Waals surface area (Å²) in [5.41, 5.74) is 5.12. The molecule has 0 aliphatic heterocycles. The van der Waals surface area contributed by atoms with Gasteiger partial charge < -0.3 is 5.73 Å². The average molecular weight is 351 g/mol. The normalized spacial score (nSPS) is 18.7. The topological polar surface area (TPSA) is 72.2 Å². The van der Waals surface area contributed by atoms with Gasteiger partial charge in [-0.25, -0.2) is 17.5 Å². The van der Waals surface area contributed by atoms with Crippen LogP contribution in [0.25, 0.3) is 0 Å². The smallest absolute Gasteiger partial charge is 0.242 e. The first-order chi connectivity index (χ1) is 8.88. The summed E-state index contributed by atoms with van der Waals surface area (Å²) in [5.74, 6) is -0.586. The molecular weight excluding hydrogens is 335 g/mol. The van der Waals surface area contributed by atoms with Gasteiger partial charge in [-0.05, 0) is 47.0 Å². The van der Waals surface area contributed by atoms with Crippen LogP contribution in [0.1, 0.15) is 25.7 Å². The standard InChI is InChI=1S/C12H16BrFN2O2S/c13-10-4-3-9(14)7-11(10)19(17,18)16-12(8-15)5-1-2-6-12/h3-4,7,16H,1-2,5-6,8,15H2. The first-order valence-electron chi connectivity index (χ1n) is 6.08. The van der Waals surface area contributed by atoms with Crippen molar-refractivity contribution >= 4 is 26.0 Å². The minimum Gasteiger partial charge on any atom is -0.329 e. The van der Waals surface area contributed by atoms with Gasteiger partial charge in [0.05, 0.1) is 4.90 Å². The van der Waals surface area contributed by atoms with Crippen LogP contribution < -0.4 is 10.5 Å². The lowest BCUT2D eigenvalue weighted by molar-refractivity contribution is 0.399. The maximum absolute atomic E-state index is 13.2. The van der Waals surface area contributed by atoms with Gasteiger partial charge in [0.1, 0.15) is 5.82 Å². The van der Waals surface area contributed by atoms with E-state index >= 15 is 0 Å². The fraction of sp³-hybridized carbons (Fsp3) is 0.500. The quantitative estimate of drug-likeness (QED) is 0.873. The Hall–Kier alpha value is -0.500. The van der Waals surface area contributed by atoms with Crippen molar-refractivity contribution in [3.05, 3.63) is 28.5 Å². The molecule has 0 spiro atoms. The van der Waals surface area contributed by atoms with Crippen LogP contribution in [0, 0.1) is 5.82 Å². The van der Waals surface area contributed by atoms with Crippen LogP contribution in [0.3, 0.4) is 0 Å². The van der Waals surface area contributed by atoms with Gasteiger partial charge in [-0.3, -0.25) is 0 Å². The van der Waals surface area contributed by atoms with Crippen molar-refractivity contribution in [2.45, 2.75) is 36.1 Å². The number of hydrogen-bond donors (Lipinski definition) is 2. The molecule has 0 aromatic heterocycles. The first kappa shape index (κ1) is 14.9. The number of sulfonamides is 1. The molecule has 3 N–H and O–H groups in total. The molecule has 2 rings (SSSR count). The van der Waals surface area contributed by atoms with Crippen molar-refractivity contribution in [2.24, 2.45) is 5.73 Å². The molecule has 1 saturated carbocycles. The van der Waals surface area contributed by atoms with Gasteiger partial charge in [0, 0.05) is 16.6 Å². The predicted molar refractivity (Wildman–Crippen MR) is 74.7 cm³/mol. The third-order valence-electron chi connectivity index (χ3n) is 3.49. The van der Waals surface area contributed by atoms with Crippen molar-refractivity contribution in [3.63, 3.8) is 0 Å². The summed E-state index contributed by atoms with van der Waals surface area (Å²) in [5, 5.41) is 0. The maximum Gasteiger partial charge on any atom is 0.242 e. The van der Waals surface area contributed by atoms with Gasteiger partial charge in [-0.15, -0.1) is 0 Å². The van der Waals surface area contributed by atoms with Crippen molar-refractivity contribution in [2.75, 3.05) is 6.54 Å². The Morgan fingerprint density at radius 3 is 2.58 bits per heavy atom. The second-order valence-corrected chi connectivity index (χ2v) is 7.38. The summed E-state index contributed by atoms with van der Waals surface area (Å²) in [6.45, 7) is 0.249. The van der Waals surface area contributed by atoms with Crippen LogP contribution in [0.5, 0.6) is 0 Å². The molecule has 0 atom stereocenters. The minimum absolute atomic E-state index is 0.0905. The number of benzene rings is 1. The molecule has 0 unspecified atom stereocenters. The summed E-state index contributed by atoms with van der Waals surface area (Å²) < 4.78 is 40.9. The third kappa shape index (κ3) is 3.16. The summed E-state index contributed by atoms with van der Waals surface area (Å²) >= 11 is 3.14. The molecule has 19 heavy (non-hydrogen) atoms. The van der Waals surface area contributed by atoms with Crippen LogP contribution in [-0.4, -0.2) is 20.5 Å². The van der Waals surface area contributed by atoms with E-state index in [1.807, 2.05) is 0 Å². The van der Waals surface area contributed by atoms with Crippen LogP contribution in [0.15, 0.2) is 27.6 Å². The molecule has 0 amide bonds. The molecule has 0 radical (unpaired) electrons. The van der Waals surface area contributed by atoms with Crippen molar-refractivity contribution in [1.82, 2.24) is 4.72 Å². The van der Waals surface area contributed by atoms with E-state index in [-0.39, 0.29) is 11.4 Å². The van der Waals surface area contributed by atoms with Crippen LogP contribution in [0.4, 0.5) is 4.39 Å². The maximum atomic E-state index is 13.2. The highest BCUT2D eigenvalue weighted by atomic mass is 79.9. The van der Waals surface area contributed by atoms with Crippen molar-refractivity contribution < 1.29 is 12.8 Å². The Morgan fingerprint density at radius 2 is 2.00 bits per heavy atom. The number of hydrogen-bond acceptors (Lipinski definition) is 3. The van der Waals surface area contributed by atoms with Crippen LogP contribution in [-0.2, 0) is 10.0 Å². The van der Waals surface area contributed by atoms with E-state index in [4.69, 9.17) is 5.73 Å². The lowest BCUT2D eigenvalue weighted by Crippen LogP contribution is -2.51. The Labute approximate surface area is 120 Å². The lowest BCUT2D eigenvalue weighted by Gasteiger charge is -2.28. The van der Waals surface area contributed by atoms with Gasteiger partial charge in [0.25, 0.3) is 0 Å². The Kier molecular flexibility index (Phi) is 4.29. The fourth-order valence-corrected chi connectivity index (χ4v) is 4.87. The number of nitrogens with two attached hydrogens (primary N) is 1. The Balaban J connectivity index is 2.34. The summed E-state index contributed by atoms with van der Waals surface area (Å²) in [6, 6.07) is 3.59. The number of halogens is 2. The van der Waals surface area contributed by atoms with E-state index in [9.17, 15) is 12.8 Å². The monoisotopic (exact) mass is 350 g/mol. The van der Waals surface area contributed by atoms with Gasteiger partial charge in [0.15, 0.2) is 0 Å². The van der Waals surface area contributed by atoms with E-state index in [1.54, 1.807) is 0 Å². The van der Waals surface area contributed by atoms with Crippen LogP contribution >= 0.6 is 15.9 Å². The molecule has 7 heteroatoms. The highest BCUT2D eigenvalue weighted by molar-refractivity contribution is 9.10. The third-order valence-corrected chi connectivity index (χ3v) is 6.06. The predicted octanol–water partition coefficient (Wildman–Crippen LogP) is 2.14. The minimum atomic E-state index is -3.78. The van der Waals surface area contributed by atoms with Gasteiger partial charge in [-0.1, -0.05) is 12.8 Å². The second-order valence-electron chi connectivity index (χ2n) is 4.87. The van der Waals surface area contributed by atoms with E-state index in [0.29, 0.717) is 4.47 Å². The fourth-order valence-electron chi connectivity index (χ4n) is 2.42. The molecule has 1 aliphatic carbocycles. The second kappa shape index (κ2) is 5.47. The first-order valence-corrected chi connectivity index (χ1v) is 8.35. The largest absolute Gasteiger partial charge is 0.329 e. The van der Waals surface area contributed by atoms with E-state index in [1.165, 1.54) is 12.1 Å². The lowest BCUT2D eigenvalue weighted by atomic mass is 10.0. The highest BCUT2D eigenvalue weighted by Crippen LogP contribution is 2.31.